The van der Waals surface area contributed by atoms with Crippen LogP contribution in [-0.2, 0) is 11.3 Å². The van der Waals surface area contributed by atoms with Gasteiger partial charge in [0.25, 0.3) is 5.56 Å². The van der Waals surface area contributed by atoms with Gasteiger partial charge in [-0.05, 0) is 30.7 Å². The lowest BCUT2D eigenvalue weighted by Gasteiger charge is -2.07. The van der Waals surface area contributed by atoms with Crippen molar-refractivity contribution < 1.29 is 13.9 Å². The van der Waals surface area contributed by atoms with Crippen LogP contribution in [0.3, 0.4) is 0 Å². The van der Waals surface area contributed by atoms with Crippen molar-refractivity contribution >= 4 is 17.6 Å². The third kappa shape index (κ3) is 3.43. The van der Waals surface area contributed by atoms with Crippen LogP contribution in [0.15, 0.2) is 34.0 Å². The molecule has 6 nitrogen and oxygen atoms in total. The van der Waals surface area contributed by atoms with E-state index in [1.54, 1.807) is 6.92 Å². The normalized spacial score (nSPS) is 10.5. The first-order valence-corrected chi connectivity index (χ1v) is 6.74. The molecular formula is C14H12ClFN2O4. The highest BCUT2D eigenvalue weighted by molar-refractivity contribution is 6.30. The number of aromatic nitrogens is 2. The summed E-state index contributed by atoms with van der Waals surface area (Å²) in [5.74, 6) is -1.43. The average Bonchev–Trinajstić information content (AvgIpc) is 2.42. The molecular weight excluding hydrogens is 315 g/mol. The van der Waals surface area contributed by atoms with Crippen LogP contribution in [-0.4, -0.2) is 22.1 Å². The molecule has 1 heterocycles. The molecule has 8 heteroatoms. The Bertz CT molecular complexity index is 808. The van der Waals surface area contributed by atoms with Gasteiger partial charge in [-0.2, -0.15) is 0 Å². The van der Waals surface area contributed by atoms with Crippen LogP contribution in [0.5, 0.6) is 0 Å². The fourth-order valence-corrected chi connectivity index (χ4v) is 2.14. The summed E-state index contributed by atoms with van der Waals surface area (Å²) in [5.41, 5.74) is -1.52. The number of esters is 1. The van der Waals surface area contributed by atoms with Crippen molar-refractivity contribution in [1.82, 2.24) is 9.55 Å². The molecule has 116 valence electrons. The third-order valence-electron chi connectivity index (χ3n) is 2.82. The van der Waals surface area contributed by atoms with Gasteiger partial charge in [-0.15, -0.1) is 0 Å². The van der Waals surface area contributed by atoms with Crippen LogP contribution in [0.2, 0.25) is 5.02 Å². The molecule has 0 spiro atoms. The molecule has 2 rings (SSSR count). The Morgan fingerprint density at radius 1 is 1.36 bits per heavy atom. The first-order valence-electron chi connectivity index (χ1n) is 6.37. The number of nitrogens with one attached hydrogen (secondary N) is 1. The first-order chi connectivity index (χ1) is 10.4. The van der Waals surface area contributed by atoms with Crippen molar-refractivity contribution in [2.75, 3.05) is 6.61 Å². The maximum Gasteiger partial charge on any atom is 0.345 e. The van der Waals surface area contributed by atoms with Crippen molar-refractivity contribution in [2.45, 2.75) is 13.5 Å². The maximum absolute atomic E-state index is 13.3. The number of nitrogens with zero attached hydrogens (tertiary/aromatic N) is 1. The predicted molar refractivity (Wildman–Crippen MR) is 77.8 cm³/mol. The zero-order valence-electron chi connectivity index (χ0n) is 11.6. The van der Waals surface area contributed by atoms with E-state index in [4.69, 9.17) is 16.3 Å². The zero-order valence-corrected chi connectivity index (χ0v) is 12.3. The summed E-state index contributed by atoms with van der Waals surface area (Å²) >= 11 is 5.73. The van der Waals surface area contributed by atoms with Crippen LogP contribution in [0.4, 0.5) is 4.39 Å². The Balaban J connectivity index is 2.47. The van der Waals surface area contributed by atoms with Crippen molar-refractivity contribution in [1.29, 1.82) is 0 Å². The molecule has 0 aliphatic heterocycles. The number of halogens is 2. The number of carbonyl (C=O) groups excluding carboxylic acids is 1. The summed E-state index contributed by atoms with van der Waals surface area (Å²) < 4.78 is 18.8. The maximum atomic E-state index is 13.3. The minimum atomic E-state index is -0.838. The van der Waals surface area contributed by atoms with E-state index < -0.39 is 23.0 Å². The van der Waals surface area contributed by atoms with E-state index in [1.807, 2.05) is 0 Å². The average molecular weight is 327 g/mol. The van der Waals surface area contributed by atoms with Gasteiger partial charge in [-0.3, -0.25) is 9.36 Å². The molecule has 2 aromatic rings. The Labute approximate surface area is 129 Å². The molecule has 0 saturated heterocycles. The molecule has 0 amide bonds. The zero-order chi connectivity index (χ0) is 16.3. The molecule has 0 bridgehead atoms. The van der Waals surface area contributed by atoms with E-state index >= 15 is 0 Å². The van der Waals surface area contributed by atoms with E-state index in [9.17, 15) is 18.8 Å². The van der Waals surface area contributed by atoms with Crippen molar-refractivity contribution in [3.63, 3.8) is 0 Å². The second-order valence-corrected chi connectivity index (χ2v) is 4.83. The first kappa shape index (κ1) is 16.0. The SMILES string of the molecule is CCOC(=O)c1c[nH]c(=O)n(Cc2cc(F)cc(Cl)c2)c1=O. The fraction of sp³-hybridized carbons (Fsp3) is 0.214. The molecule has 0 radical (unpaired) electrons. The lowest BCUT2D eigenvalue weighted by molar-refractivity contribution is 0.0522. The van der Waals surface area contributed by atoms with Gasteiger partial charge in [0.2, 0.25) is 0 Å². The number of carbonyl (C=O) groups is 1. The van der Waals surface area contributed by atoms with E-state index in [2.05, 4.69) is 4.98 Å². The van der Waals surface area contributed by atoms with Crippen LogP contribution >= 0.6 is 11.6 Å². The van der Waals surface area contributed by atoms with E-state index in [0.29, 0.717) is 5.56 Å². The topological polar surface area (TPSA) is 81.2 Å². The number of hydrogen-bond donors (Lipinski definition) is 1. The summed E-state index contributed by atoms with van der Waals surface area (Å²) in [4.78, 5) is 37.9. The van der Waals surface area contributed by atoms with Gasteiger partial charge >= 0.3 is 11.7 Å². The Kier molecular flexibility index (Phi) is 4.77. The van der Waals surface area contributed by atoms with Crippen LogP contribution in [0.25, 0.3) is 0 Å². The highest BCUT2D eigenvalue weighted by Gasteiger charge is 2.16. The van der Waals surface area contributed by atoms with Gasteiger partial charge in [-0.25, -0.2) is 14.0 Å². The molecule has 1 aromatic carbocycles. The Hall–Kier alpha value is -2.41. The number of ether oxygens (including phenoxy) is 1. The van der Waals surface area contributed by atoms with E-state index in [1.165, 1.54) is 6.07 Å². The van der Waals surface area contributed by atoms with Gasteiger partial charge in [0.05, 0.1) is 13.2 Å². The van der Waals surface area contributed by atoms with Crippen LogP contribution in [0, 0.1) is 5.82 Å². The van der Waals surface area contributed by atoms with Crippen molar-refractivity contribution in [3.05, 3.63) is 67.2 Å². The van der Waals surface area contributed by atoms with Gasteiger partial charge in [0, 0.05) is 11.2 Å². The third-order valence-corrected chi connectivity index (χ3v) is 3.04. The van der Waals surface area contributed by atoms with E-state index in [0.717, 1.165) is 22.9 Å². The summed E-state index contributed by atoms with van der Waals surface area (Å²) in [6.07, 6.45) is 0.998. The van der Waals surface area contributed by atoms with Crippen LogP contribution < -0.4 is 11.2 Å². The van der Waals surface area contributed by atoms with E-state index in [-0.39, 0.29) is 23.7 Å². The van der Waals surface area contributed by atoms with Crippen molar-refractivity contribution in [3.8, 4) is 0 Å². The molecule has 22 heavy (non-hydrogen) atoms. The lowest BCUT2D eigenvalue weighted by atomic mass is 10.2. The summed E-state index contributed by atoms with van der Waals surface area (Å²) in [7, 11) is 0. The lowest BCUT2D eigenvalue weighted by Crippen LogP contribution is -2.38. The second kappa shape index (κ2) is 6.57. The largest absolute Gasteiger partial charge is 0.462 e. The number of rotatable bonds is 4. The molecule has 0 aliphatic rings. The van der Waals surface area contributed by atoms with Crippen LogP contribution in [0.1, 0.15) is 22.8 Å². The molecule has 1 aromatic heterocycles. The highest BCUT2D eigenvalue weighted by atomic mass is 35.5. The van der Waals surface area contributed by atoms with Gasteiger partial charge < -0.3 is 9.72 Å². The number of aromatic amines is 1. The monoisotopic (exact) mass is 326 g/mol. The van der Waals surface area contributed by atoms with Gasteiger partial charge in [0.1, 0.15) is 11.4 Å². The summed E-state index contributed by atoms with van der Waals surface area (Å²) in [6, 6.07) is 3.68. The quantitative estimate of drug-likeness (QED) is 0.864. The van der Waals surface area contributed by atoms with Crippen molar-refractivity contribution in [2.24, 2.45) is 0 Å². The number of H-pyrrole nitrogens is 1. The molecule has 0 unspecified atom stereocenters. The minimum absolute atomic E-state index is 0.0942. The smallest absolute Gasteiger partial charge is 0.345 e. The number of hydrogen-bond acceptors (Lipinski definition) is 4. The fourth-order valence-electron chi connectivity index (χ4n) is 1.89. The standard InChI is InChI=1S/C14H12ClFN2O4/c1-2-22-13(20)11-6-17-14(21)18(12(11)19)7-8-3-9(15)5-10(16)4-8/h3-6H,2,7H2,1H3,(H,17,21). The van der Waals surface area contributed by atoms with Gasteiger partial charge in [0.15, 0.2) is 0 Å². The Morgan fingerprint density at radius 3 is 2.73 bits per heavy atom. The number of benzene rings is 1. The molecule has 0 atom stereocenters. The predicted octanol–water partition coefficient (Wildman–Crippen LogP) is 1.55. The summed E-state index contributed by atoms with van der Waals surface area (Å²) in [5, 5.41) is 0.140. The molecule has 1 N–H and O–H groups in total. The molecule has 0 aliphatic carbocycles. The molecule has 0 fully saturated rings. The Morgan fingerprint density at radius 2 is 2.09 bits per heavy atom. The molecule has 0 saturated carbocycles. The van der Waals surface area contributed by atoms with Gasteiger partial charge in [-0.1, -0.05) is 11.6 Å². The highest BCUT2D eigenvalue weighted by Crippen LogP contribution is 2.14. The minimum Gasteiger partial charge on any atom is -0.462 e. The second-order valence-electron chi connectivity index (χ2n) is 4.40. The summed E-state index contributed by atoms with van der Waals surface area (Å²) in [6.45, 7) is 1.46.